The predicted molar refractivity (Wildman–Crippen MR) is 100 cm³/mol. The second-order valence-corrected chi connectivity index (χ2v) is 6.57. The smallest absolute Gasteiger partial charge is 0.262 e. The SMILES string of the molecule is CCN(C(=O)C(C)N1C(=O)c2ccccc2C1=O)c1cc(C)ccc1C. The molecule has 1 aliphatic heterocycles. The van der Waals surface area contributed by atoms with Gasteiger partial charge < -0.3 is 4.90 Å². The molecule has 1 unspecified atom stereocenters. The van der Waals surface area contributed by atoms with Crippen molar-refractivity contribution in [1.82, 2.24) is 4.90 Å². The molecule has 134 valence electrons. The monoisotopic (exact) mass is 350 g/mol. The lowest BCUT2D eigenvalue weighted by Gasteiger charge is -2.30. The first-order chi connectivity index (χ1) is 12.4. The van der Waals surface area contributed by atoms with Crippen LogP contribution in [0.3, 0.4) is 0 Å². The summed E-state index contributed by atoms with van der Waals surface area (Å²) in [4.78, 5) is 41.2. The number of hydrogen-bond acceptors (Lipinski definition) is 3. The molecule has 5 heteroatoms. The number of benzene rings is 2. The summed E-state index contributed by atoms with van der Waals surface area (Å²) in [5, 5.41) is 0. The Hall–Kier alpha value is -2.95. The quantitative estimate of drug-likeness (QED) is 0.795. The summed E-state index contributed by atoms with van der Waals surface area (Å²) < 4.78 is 0. The number of amides is 3. The van der Waals surface area contributed by atoms with E-state index in [9.17, 15) is 14.4 Å². The Morgan fingerprint density at radius 2 is 1.62 bits per heavy atom. The number of carbonyl (C=O) groups is 3. The molecule has 1 atom stereocenters. The summed E-state index contributed by atoms with van der Waals surface area (Å²) in [7, 11) is 0. The first kappa shape index (κ1) is 17.9. The van der Waals surface area contributed by atoms with Crippen LogP contribution in [-0.2, 0) is 4.79 Å². The van der Waals surface area contributed by atoms with Crippen molar-refractivity contribution in [3.63, 3.8) is 0 Å². The van der Waals surface area contributed by atoms with Crippen molar-refractivity contribution in [2.75, 3.05) is 11.4 Å². The number of rotatable bonds is 4. The Balaban J connectivity index is 1.93. The molecule has 0 saturated carbocycles. The van der Waals surface area contributed by atoms with Gasteiger partial charge in [0, 0.05) is 12.2 Å². The van der Waals surface area contributed by atoms with Crippen LogP contribution in [0.25, 0.3) is 0 Å². The minimum absolute atomic E-state index is 0.268. The first-order valence-electron chi connectivity index (χ1n) is 8.72. The molecule has 0 aliphatic carbocycles. The summed E-state index contributed by atoms with van der Waals surface area (Å²) in [5.74, 6) is -1.09. The number of anilines is 1. The maximum Gasteiger partial charge on any atom is 0.262 e. The molecular weight excluding hydrogens is 328 g/mol. The van der Waals surface area contributed by atoms with Crippen molar-refractivity contribution < 1.29 is 14.4 Å². The zero-order valence-electron chi connectivity index (χ0n) is 15.4. The van der Waals surface area contributed by atoms with Gasteiger partial charge in [-0.1, -0.05) is 24.3 Å². The van der Waals surface area contributed by atoms with Gasteiger partial charge in [-0.05, 0) is 57.0 Å². The summed E-state index contributed by atoms with van der Waals surface area (Å²) in [5.41, 5.74) is 3.53. The van der Waals surface area contributed by atoms with Crippen molar-refractivity contribution in [2.45, 2.75) is 33.7 Å². The van der Waals surface area contributed by atoms with Crippen LogP contribution < -0.4 is 4.90 Å². The van der Waals surface area contributed by atoms with Crippen molar-refractivity contribution >= 4 is 23.4 Å². The summed E-state index contributed by atoms with van der Waals surface area (Å²) in [6.45, 7) is 7.86. The highest BCUT2D eigenvalue weighted by molar-refractivity contribution is 6.23. The van der Waals surface area contributed by atoms with E-state index in [1.165, 1.54) is 0 Å². The third kappa shape index (κ3) is 2.79. The lowest BCUT2D eigenvalue weighted by molar-refractivity contribution is -0.121. The standard InChI is InChI=1S/C21H22N2O3/c1-5-22(18-12-13(2)10-11-14(18)3)19(24)15(4)23-20(25)16-8-6-7-9-17(16)21(23)26/h6-12,15H,5H2,1-4H3. The van der Waals surface area contributed by atoms with Crippen molar-refractivity contribution in [3.8, 4) is 0 Å². The summed E-state index contributed by atoms with van der Waals surface area (Å²) in [6.07, 6.45) is 0. The second-order valence-electron chi connectivity index (χ2n) is 6.57. The molecule has 3 amide bonds. The molecule has 26 heavy (non-hydrogen) atoms. The molecule has 2 aromatic carbocycles. The second kappa shape index (κ2) is 6.75. The van der Waals surface area contributed by atoms with Gasteiger partial charge in [-0.25, -0.2) is 0 Å². The van der Waals surface area contributed by atoms with Crippen molar-refractivity contribution in [1.29, 1.82) is 0 Å². The fraction of sp³-hybridized carbons (Fsp3) is 0.286. The molecule has 1 heterocycles. The third-order valence-electron chi connectivity index (χ3n) is 4.81. The molecule has 0 bridgehead atoms. The van der Waals surface area contributed by atoms with Crippen LogP contribution in [0.15, 0.2) is 42.5 Å². The highest BCUT2D eigenvalue weighted by Crippen LogP contribution is 2.27. The molecule has 3 rings (SSSR count). The van der Waals surface area contributed by atoms with Gasteiger partial charge in [-0.15, -0.1) is 0 Å². The van der Waals surface area contributed by atoms with Crippen molar-refractivity contribution in [2.24, 2.45) is 0 Å². The van der Waals surface area contributed by atoms with E-state index in [1.807, 2.05) is 39.0 Å². The number of hydrogen-bond donors (Lipinski definition) is 0. The number of imide groups is 1. The molecule has 0 aromatic heterocycles. The molecule has 0 spiro atoms. The Labute approximate surface area is 153 Å². The van der Waals surface area contributed by atoms with Crippen molar-refractivity contribution in [3.05, 3.63) is 64.7 Å². The molecule has 2 aromatic rings. The number of nitrogens with zero attached hydrogens (tertiary/aromatic N) is 2. The van der Waals surface area contributed by atoms with E-state index in [0.717, 1.165) is 21.7 Å². The fourth-order valence-electron chi connectivity index (χ4n) is 3.35. The van der Waals surface area contributed by atoms with Crippen LogP contribution in [0, 0.1) is 13.8 Å². The number of fused-ring (bicyclic) bond motifs is 1. The molecule has 0 fully saturated rings. The maximum atomic E-state index is 13.1. The third-order valence-corrected chi connectivity index (χ3v) is 4.81. The van der Waals surface area contributed by atoms with Crippen LogP contribution >= 0.6 is 0 Å². The normalized spacial score (nSPS) is 14.4. The van der Waals surface area contributed by atoms with E-state index < -0.39 is 17.9 Å². The topological polar surface area (TPSA) is 57.7 Å². The lowest BCUT2D eigenvalue weighted by atomic mass is 10.1. The van der Waals surface area contributed by atoms with Crippen LogP contribution in [0.1, 0.15) is 45.7 Å². The highest BCUT2D eigenvalue weighted by atomic mass is 16.2. The Kier molecular flexibility index (Phi) is 4.64. The van der Waals surface area contributed by atoms with Gasteiger partial charge in [-0.2, -0.15) is 0 Å². The van der Waals surface area contributed by atoms with E-state index in [0.29, 0.717) is 17.7 Å². The average molecular weight is 350 g/mol. The predicted octanol–water partition coefficient (Wildman–Crippen LogP) is 3.34. The van der Waals surface area contributed by atoms with Gasteiger partial charge in [0.1, 0.15) is 6.04 Å². The molecule has 0 radical (unpaired) electrons. The first-order valence-corrected chi connectivity index (χ1v) is 8.72. The summed E-state index contributed by atoms with van der Waals surface area (Å²) in [6, 6.07) is 11.7. The van der Waals surface area contributed by atoms with E-state index >= 15 is 0 Å². The van der Waals surface area contributed by atoms with Gasteiger partial charge in [0.15, 0.2) is 0 Å². The van der Waals surface area contributed by atoms with Gasteiger partial charge >= 0.3 is 0 Å². The van der Waals surface area contributed by atoms with E-state index in [2.05, 4.69) is 0 Å². The average Bonchev–Trinajstić information content (AvgIpc) is 2.89. The molecule has 5 nitrogen and oxygen atoms in total. The van der Waals surface area contributed by atoms with E-state index in [1.54, 1.807) is 36.1 Å². The molecular formula is C21H22N2O3. The molecule has 0 N–H and O–H groups in total. The lowest BCUT2D eigenvalue weighted by Crippen LogP contribution is -2.49. The van der Waals surface area contributed by atoms with Gasteiger partial charge in [0.2, 0.25) is 5.91 Å². The Morgan fingerprint density at radius 1 is 1.04 bits per heavy atom. The maximum absolute atomic E-state index is 13.1. The van der Waals surface area contributed by atoms with Crippen LogP contribution in [-0.4, -0.2) is 35.2 Å². The van der Waals surface area contributed by atoms with Crippen LogP contribution in [0.2, 0.25) is 0 Å². The van der Waals surface area contributed by atoms with Crippen LogP contribution in [0.4, 0.5) is 5.69 Å². The molecule has 0 saturated heterocycles. The number of carbonyl (C=O) groups excluding carboxylic acids is 3. The van der Waals surface area contributed by atoms with E-state index in [4.69, 9.17) is 0 Å². The van der Waals surface area contributed by atoms with E-state index in [-0.39, 0.29) is 5.91 Å². The molecule has 1 aliphatic rings. The van der Waals surface area contributed by atoms with Gasteiger partial charge in [-0.3, -0.25) is 19.3 Å². The Morgan fingerprint density at radius 3 is 2.15 bits per heavy atom. The van der Waals surface area contributed by atoms with Crippen LogP contribution in [0.5, 0.6) is 0 Å². The van der Waals surface area contributed by atoms with Gasteiger partial charge in [0.05, 0.1) is 11.1 Å². The fourth-order valence-corrected chi connectivity index (χ4v) is 3.35. The zero-order valence-corrected chi connectivity index (χ0v) is 15.4. The number of aryl methyl sites for hydroxylation is 2. The van der Waals surface area contributed by atoms with Gasteiger partial charge in [0.25, 0.3) is 11.8 Å². The minimum atomic E-state index is -0.873. The Bertz CT molecular complexity index is 869. The zero-order chi connectivity index (χ0) is 19.0. The number of likely N-dealkylation sites (N-methyl/N-ethyl adjacent to an activating group) is 1. The summed E-state index contributed by atoms with van der Waals surface area (Å²) >= 11 is 0. The minimum Gasteiger partial charge on any atom is -0.311 e. The highest BCUT2D eigenvalue weighted by Gasteiger charge is 2.41. The largest absolute Gasteiger partial charge is 0.311 e.